The first-order chi connectivity index (χ1) is 19.6. The van der Waals surface area contributed by atoms with Crippen molar-refractivity contribution in [1.29, 1.82) is 0 Å². The molecule has 0 aliphatic carbocycles. The number of pyridine rings is 1. The fraction of sp³-hybridized carbons (Fsp3) is 0.103. The fourth-order valence-electron chi connectivity index (χ4n) is 3.24. The summed E-state index contributed by atoms with van der Waals surface area (Å²) in [4.78, 5) is 3.87. The van der Waals surface area contributed by atoms with Crippen molar-refractivity contribution in [3.05, 3.63) is 134 Å². The predicted octanol–water partition coefficient (Wildman–Crippen LogP) is 4.20. The summed E-state index contributed by atoms with van der Waals surface area (Å²) >= 11 is 0. The fourth-order valence-corrected chi connectivity index (χ4v) is 3.24. The van der Waals surface area contributed by atoms with Crippen LogP contribution in [0.25, 0.3) is 22.8 Å². The molecule has 0 atom stereocenters. The molecule has 0 saturated carbocycles. The van der Waals surface area contributed by atoms with Crippen LogP contribution in [0, 0.1) is 36.4 Å². The molecule has 7 nitrogen and oxygen atoms in total. The van der Waals surface area contributed by atoms with Crippen molar-refractivity contribution in [2.45, 2.75) is 6.18 Å². The van der Waals surface area contributed by atoms with E-state index in [1.165, 1.54) is 30.5 Å². The Morgan fingerprint density at radius 1 is 0.810 bits per heavy atom. The topological polar surface area (TPSA) is 57.5 Å². The van der Waals surface area contributed by atoms with Crippen LogP contribution >= 0.6 is 0 Å². The molecule has 4 aromatic heterocycles. The van der Waals surface area contributed by atoms with Crippen LogP contribution in [0.3, 0.4) is 0 Å². The number of hydrogen-bond donors (Lipinski definition) is 0. The Morgan fingerprint density at radius 2 is 1.36 bits per heavy atom. The van der Waals surface area contributed by atoms with Gasteiger partial charge in [-0.15, -0.1) is 24.3 Å². The molecule has 4 heterocycles. The van der Waals surface area contributed by atoms with Gasteiger partial charge >= 0.3 is 6.18 Å². The van der Waals surface area contributed by atoms with Gasteiger partial charge in [-0.2, -0.15) is 37.4 Å². The Morgan fingerprint density at radius 3 is 1.71 bits per heavy atom. The maximum absolute atomic E-state index is 12.6. The number of hydrogen-bond acceptors (Lipinski definition) is 2. The molecule has 6 rings (SSSR count). The largest absolute Gasteiger partial charge is 0.573 e. The number of nitrogens with zero attached hydrogens (tertiary/aromatic N) is 7. The van der Waals surface area contributed by atoms with Crippen LogP contribution in [0.4, 0.5) is 22.0 Å². The first kappa shape index (κ1) is 32.0. The van der Waals surface area contributed by atoms with Crippen molar-refractivity contribution in [2.24, 2.45) is 14.1 Å². The molecule has 6 aromatic rings. The third-order valence-corrected chi connectivity index (χ3v) is 5.20. The molecule has 0 spiro atoms. The molecule has 219 valence electrons. The molecule has 0 fully saturated rings. The second kappa shape index (κ2) is 14.4. The number of halogens is 5. The predicted molar refractivity (Wildman–Crippen MR) is 135 cm³/mol. The van der Waals surface area contributed by atoms with Gasteiger partial charge in [-0.05, 0) is 18.2 Å². The Labute approximate surface area is 251 Å². The first-order valence-corrected chi connectivity index (χ1v) is 11.9. The SMILES string of the molecule is C[n+]1[c-]n(-c2[c-]cc(F)cc2)cc1.C[n+]1[c-]n(-c2[c-]cc(F)cc2)cc1.FC(F)(F)c1cc(-c2ccccn2)[n-]n1.[Ir]. The minimum absolute atomic E-state index is 0. The average molecular weight is 755 g/mol. The van der Waals surface area contributed by atoms with Crippen molar-refractivity contribution in [3.63, 3.8) is 0 Å². The molecular weight excluding hydrogens is 734 g/mol. The molecule has 0 bridgehead atoms. The average Bonchev–Trinajstić information content (AvgIpc) is 3.72. The molecule has 1 radical (unpaired) electrons. The van der Waals surface area contributed by atoms with Crippen LogP contribution in [0.15, 0.2) is 91.6 Å². The maximum atomic E-state index is 12.6. The molecule has 0 aliphatic heterocycles. The van der Waals surface area contributed by atoms with Gasteiger partial charge in [0.2, 0.25) is 12.7 Å². The number of aryl methyl sites for hydroxylation is 2. The Hall–Kier alpha value is -4.48. The minimum Gasteiger partial charge on any atom is -0.573 e. The summed E-state index contributed by atoms with van der Waals surface area (Å²) in [5, 5.41) is 6.47. The van der Waals surface area contributed by atoms with Gasteiger partial charge in [-0.1, -0.05) is 23.1 Å². The van der Waals surface area contributed by atoms with Crippen molar-refractivity contribution in [2.75, 3.05) is 0 Å². The van der Waals surface area contributed by atoms with Gasteiger partial charge in [0.15, 0.2) is 0 Å². The molecular formula is C29H21F5IrN7-3. The molecule has 0 amide bonds. The van der Waals surface area contributed by atoms with Crippen molar-refractivity contribution in [3.8, 4) is 22.8 Å². The zero-order valence-corrected chi connectivity index (χ0v) is 24.4. The summed E-state index contributed by atoms with van der Waals surface area (Å²) in [7, 11) is 3.75. The third kappa shape index (κ3) is 9.01. The number of imidazole rings is 2. The van der Waals surface area contributed by atoms with Crippen LogP contribution in [-0.2, 0) is 40.4 Å². The van der Waals surface area contributed by atoms with E-state index in [1.807, 2.05) is 38.9 Å². The quantitative estimate of drug-likeness (QED) is 0.155. The molecule has 2 aromatic carbocycles. The summed E-state index contributed by atoms with van der Waals surface area (Å²) in [5.74, 6) is -0.555. The monoisotopic (exact) mass is 755 g/mol. The smallest absolute Gasteiger partial charge is 0.431 e. The maximum Gasteiger partial charge on any atom is 0.431 e. The van der Waals surface area contributed by atoms with E-state index in [0.717, 1.165) is 17.4 Å². The van der Waals surface area contributed by atoms with E-state index in [0.29, 0.717) is 5.69 Å². The molecule has 0 aliphatic rings. The summed E-state index contributed by atoms with van der Waals surface area (Å²) in [5.41, 5.74) is 1.07. The zero-order valence-electron chi connectivity index (χ0n) is 22.0. The van der Waals surface area contributed by atoms with E-state index >= 15 is 0 Å². The van der Waals surface area contributed by atoms with Crippen molar-refractivity contribution < 1.29 is 51.2 Å². The van der Waals surface area contributed by atoms with E-state index in [4.69, 9.17) is 0 Å². The number of benzene rings is 2. The van der Waals surface area contributed by atoms with Gasteiger partial charge in [0.1, 0.15) is 5.69 Å². The first-order valence-electron chi connectivity index (χ1n) is 11.9. The third-order valence-electron chi connectivity index (χ3n) is 5.20. The second-order valence-corrected chi connectivity index (χ2v) is 8.37. The van der Waals surface area contributed by atoms with Crippen LogP contribution < -0.4 is 14.2 Å². The summed E-state index contributed by atoms with van der Waals surface area (Å²) in [6.07, 6.45) is 10.4. The van der Waals surface area contributed by atoms with Gasteiger partial charge in [-0.25, -0.2) is 0 Å². The summed E-state index contributed by atoms with van der Waals surface area (Å²) < 4.78 is 68.8. The molecule has 0 saturated heterocycles. The number of alkyl halides is 3. The van der Waals surface area contributed by atoms with E-state index in [2.05, 4.69) is 40.0 Å². The summed E-state index contributed by atoms with van der Waals surface area (Å²) in [6.45, 7) is 0. The Kier molecular flexibility index (Phi) is 11.0. The van der Waals surface area contributed by atoms with Gasteiger partial charge in [0.05, 0.1) is 14.1 Å². The second-order valence-electron chi connectivity index (χ2n) is 8.37. The van der Waals surface area contributed by atoms with Gasteiger partial charge in [-0.3, -0.25) is 13.8 Å². The Bertz CT molecular complexity index is 1580. The molecule has 13 heteroatoms. The van der Waals surface area contributed by atoms with Crippen molar-refractivity contribution >= 4 is 0 Å². The van der Waals surface area contributed by atoms with E-state index in [-0.39, 0.29) is 37.4 Å². The molecule has 42 heavy (non-hydrogen) atoms. The zero-order chi connectivity index (χ0) is 29.4. The molecule has 0 unspecified atom stereocenters. The molecule has 0 N–H and O–H groups in total. The van der Waals surface area contributed by atoms with Crippen LogP contribution in [0.1, 0.15) is 5.69 Å². The van der Waals surface area contributed by atoms with Crippen LogP contribution in [0.2, 0.25) is 0 Å². The van der Waals surface area contributed by atoms with Gasteiger partial charge in [0, 0.05) is 68.4 Å². The van der Waals surface area contributed by atoms with Gasteiger partial charge in [0.25, 0.3) is 0 Å². The standard InChI is InChI=1S/2C10H8FN2.C9H5F3N3.Ir/c2*1-12-6-7-13(8-12)10-4-2-9(11)3-5-10;10-9(11,12)8-5-7(14-15-8)6-3-1-2-4-13-6;/h2*2-4,6-7H,1H3;1-5H;/q3*-1;. The van der Waals surface area contributed by atoms with Gasteiger partial charge < -0.3 is 28.5 Å². The van der Waals surface area contributed by atoms with Crippen LogP contribution in [-0.4, -0.2) is 19.2 Å². The summed E-state index contributed by atoms with van der Waals surface area (Å²) in [6, 6.07) is 20.2. The van der Waals surface area contributed by atoms with Crippen LogP contribution in [0.5, 0.6) is 0 Å². The number of aromatic nitrogens is 7. The number of rotatable bonds is 3. The van der Waals surface area contributed by atoms with Crippen molar-refractivity contribution in [1.82, 2.24) is 24.3 Å². The van der Waals surface area contributed by atoms with E-state index in [9.17, 15) is 22.0 Å². The van der Waals surface area contributed by atoms with E-state index < -0.39 is 11.9 Å². The Balaban J connectivity index is 0.000000171. The normalized spacial score (nSPS) is 10.5. The van der Waals surface area contributed by atoms with E-state index in [1.54, 1.807) is 48.6 Å². The minimum atomic E-state index is -4.46.